The Morgan fingerprint density at radius 2 is 1.74 bits per heavy atom. The summed E-state index contributed by atoms with van der Waals surface area (Å²) >= 11 is 0. The van der Waals surface area contributed by atoms with E-state index >= 15 is 0 Å². The molecule has 1 aliphatic rings. The second kappa shape index (κ2) is 8.82. The molecule has 5 rings (SSSR count). The Kier molecular flexibility index (Phi) is 5.55. The van der Waals surface area contributed by atoms with Crippen molar-refractivity contribution in [3.8, 4) is 17.1 Å². The van der Waals surface area contributed by atoms with Crippen molar-refractivity contribution in [3.63, 3.8) is 0 Å². The lowest BCUT2D eigenvalue weighted by molar-refractivity contribution is -0.113. The van der Waals surface area contributed by atoms with E-state index in [1.165, 1.54) is 12.1 Å². The highest BCUT2D eigenvalue weighted by molar-refractivity contribution is 6.06. The maximum atomic E-state index is 13.6. The van der Waals surface area contributed by atoms with Crippen LogP contribution in [0.1, 0.15) is 18.5 Å². The molecule has 34 heavy (non-hydrogen) atoms. The number of benzene rings is 3. The summed E-state index contributed by atoms with van der Waals surface area (Å²) in [6.45, 7) is 1.84. The van der Waals surface area contributed by atoms with Crippen molar-refractivity contribution < 1.29 is 13.9 Å². The number of nitrogens with zero attached hydrogens (tertiary/aromatic N) is 3. The molecule has 0 radical (unpaired) electrons. The van der Waals surface area contributed by atoms with E-state index in [4.69, 9.17) is 9.84 Å². The third-order valence-electron chi connectivity index (χ3n) is 5.67. The smallest absolute Gasteiger partial charge is 0.255 e. The molecule has 1 unspecified atom stereocenters. The lowest BCUT2D eigenvalue weighted by Gasteiger charge is -2.28. The van der Waals surface area contributed by atoms with Gasteiger partial charge >= 0.3 is 0 Å². The van der Waals surface area contributed by atoms with Crippen LogP contribution in [-0.4, -0.2) is 27.8 Å². The third-order valence-corrected chi connectivity index (χ3v) is 5.67. The summed E-state index contributed by atoms with van der Waals surface area (Å²) in [5, 5.41) is 10.9. The molecular weight excluding hydrogens is 433 g/mol. The fourth-order valence-corrected chi connectivity index (χ4v) is 4.05. The Balaban J connectivity index is 1.58. The molecular formula is C26H22FN5O2. The number of carbonyl (C=O) groups is 1. The molecule has 4 aromatic rings. The molecule has 7 nitrogen and oxygen atoms in total. The van der Waals surface area contributed by atoms with Crippen LogP contribution in [0.4, 0.5) is 16.0 Å². The van der Waals surface area contributed by atoms with Gasteiger partial charge in [0.1, 0.15) is 17.6 Å². The standard InChI is InChI=1S/C26H22FN5O2/c1-16-22(25(33)29-20-10-6-7-11-21(20)34-2)23(17-8-4-3-5-9-17)32-26(28-16)30-24(31-32)18-12-14-19(27)15-13-18/h3-15,23H,1-2H3,(H,29,33)(H,28,30,31). The zero-order valence-corrected chi connectivity index (χ0v) is 18.6. The Bertz CT molecular complexity index is 1380. The fourth-order valence-electron chi connectivity index (χ4n) is 4.05. The van der Waals surface area contributed by atoms with Crippen LogP contribution >= 0.6 is 0 Å². The molecule has 3 aromatic carbocycles. The second-order valence-corrected chi connectivity index (χ2v) is 7.84. The van der Waals surface area contributed by atoms with Crippen molar-refractivity contribution in [2.75, 3.05) is 17.7 Å². The lowest BCUT2D eigenvalue weighted by atomic mass is 9.95. The first-order chi connectivity index (χ1) is 16.5. The van der Waals surface area contributed by atoms with Gasteiger partial charge in [0.25, 0.3) is 5.91 Å². The maximum Gasteiger partial charge on any atom is 0.255 e. The molecule has 1 aromatic heterocycles. The number of methoxy groups -OCH3 is 1. The maximum absolute atomic E-state index is 13.6. The van der Waals surface area contributed by atoms with Crippen molar-refractivity contribution >= 4 is 17.5 Å². The normalized spacial score (nSPS) is 14.9. The molecule has 0 saturated carbocycles. The molecule has 170 valence electrons. The minimum absolute atomic E-state index is 0.284. The number of nitrogens with one attached hydrogen (secondary N) is 2. The van der Waals surface area contributed by atoms with Gasteiger partial charge in [-0.2, -0.15) is 4.98 Å². The largest absolute Gasteiger partial charge is 0.495 e. The number of hydrogen-bond acceptors (Lipinski definition) is 5. The van der Waals surface area contributed by atoms with Gasteiger partial charge in [0.15, 0.2) is 5.82 Å². The van der Waals surface area contributed by atoms with Crippen LogP contribution in [0, 0.1) is 5.82 Å². The monoisotopic (exact) mass is 455 g/mol. The van der Waals surface area contributed by atoms with Gasteiger partial charge in [0.05, 0.1) is 18.4 Å². The van der Waals surface area contributed by atoms with Crippen molar-refractivity contribution in [2.24, 2.45) is 0 Å². The minimum atomic E-state index is -0.520. The molecule has 0 bridgehead atoms. The molecule has 0 fully saturated rings. The Morgan fingerprint density at radius 3 is 2.47 bits per heavy atom. The predicted molar refractivity (Wildman–Crippen MR) is 128 cm³/mol. The van der Waals surface area contributed by atoms with Gasteiger partial charge in [-0.25, -0.2) is 9.07 Å². The Morgan fingerprint density at radius 1 is 1.03 bits per heavy atom. The summed E-state index contributed by atoms with van der Waals surface area (Å²) in [5.74, 6) is 0.880. The van der Waals surface area contributed by atoms with Gasteiger partial charge in [-0.05, 0) is 48.9 Å². The lowest BCUT2D eigenvalue weighted by Crippen LogP contribution is -2.31. The first-order valence-electron chi connectivity index (χ1n) is 10.7. The van der Waals surface area contributed by atoms with Crippen LogP contribution in [0.5, 0.6) is 5.75 Å². The van der Waals surface area contributed by atoms with Gasteiger partial charge in [0, 0.05) is 11.3 Å². The van der Waals surface area contributed by atoms with Crippen LogP contribution in [-0.2, 0) is 4.79 Å². The molecule has 0 spiro atoms. The summed E-state index contributed by atoms with van der Waals surface area (Å²) in [6, 6.07) is 22.4. The van der Waals surface area contributed by atoms with E-state index in [9.17, 15) is 9.18 Å². The first kappa shape index (κ1) is 21.4. The summed E-state index contributed by atoms with van der Waals surface area (Å²) in [4.78, 5) is 18.2. The molecule has 0 saturated heterocycles. The van der Waals surface area contributed by atoms with Gasteiger partial charge in [-0.15, -0.1) is 5.10 Å². The van der Waals surface area contributed by atoms with Gasteiger partial charge in [-0.3, -0.25) is 4.79 Å². The molecule has 1 aliphatic heterocycles. The van der Waals surface area contributed by atoms with Crippen LogP contribution in [0.25, 0.3) is 11.4 Å². The average Bonchev–Trinajstić information content (AvgIpc) is 3.28. The average molecular weight is 455 g/mol. The quantitative estimate of drug-likeness (QED) is 0.442. The van der Waals surface area contributed by atoms with Crippen LogP contribution in [0.15, 0.2) is 90.1 Å². The Hall–Kier alpha value is -4.46. The van der Waals surface area contributed by atoms with E-state index < -0.39 is 6.04 Å². The van der Waals surface area contributed by atoms with Gasteiger partial charge in [0.2, 0.25) is 5.95 Å². The third kappa shape index (κ3) is 3.90. The topological polar surface area (TPSA) is 81.1 Å². The van der Waals surface area contributed by atoms with Crippen LogP contribution in [0.3, 0.4) is 0 Å². The van der Waals surface area contributed by atoms with Gasteiger partial charge in [-0.1, -0.05) is 42.5 Å². The van der Waals surface area contributed by atoms with E-state index in [1.54, 1.807) is 36.1 Å². The molecule has 1 atom stereocenters. The number of hydrogen-bond donors (Lipinski definition) is 2. The van der Waals surface area contributed by atoms with Crippen molar-refractivity contribution in [1.82, 2.24) is 14.8 Å². The fraction of sp³-hybridized carbons (Fsp3) is 0.115. The SMILES string of the molecule is COc1ccccc1NC(=O)C1=C(C)Nc2nc(-c3ccc(F)cc3)nn2C1c1ccccc1. The van der Waals surface area contributed by atoms with Crippen molar-refractivity contribution in [2.45, 2.75) is 13.0 Å². The molecule has 2 N–H and O–H groups in total. The summed E-state index contributed by atoms with van der Waals surface area (Å²) in [7, 11) is 1.56. The molecule has 8 heteroatoms. The highest BCUT2D eigenvalue weighted by atomic mass is 19.1. The van der Waals surface area contributed by atoms with Crippen LogP contribution < -0.4 is 15.4 Å². The predicted octanol–water partition coefficient (Wildman–Crippen LogP) is 5.02. The number of carbonyl (C=O) groups excluding carboxylic acids is 1. The number of allylic oxidation sites excluding steroid dienone is 1. The number of ether oxygens (including phenoxy) is 1. The number of fused-ring (bicyclic) bond motifs is 1. The van der Waals surface area contributed by atoms with E-state index in [0.717, 1.165) is 5.56 Å². The Labute approximate surface area is 195 Å². The van der Waals surface area contributed by atoms with E-state index in [-0.39, 0.29) is 11.7 Å². The van der Waals surface area contributed by atoms with Crippen LogP contribution in [0.2, 0.25) is 0 Å². The molecule has 0 aliphatic carbocycles. The molecule has 2 heterocycles. The number of rotatable bonds is 5. The summed E-state index contributed by atoms with van der Waals surface area (Å²) in [6.07, 6.45) is 0. The summed E-state index contributed by atoms with van der Waals surface area (Å²) in [5.41, 5.74) is 3.28. The number of aromatic nitrogens is 3. The highest BCUT2D eigenvalue weighted by Gasteiger charge is 2.34. The summed E-state index contributed by atoms with van der Waals surface area (Å²) < 4.78 is 20.5. The van der Waals surface area contributed by atoms with E-state index in [1.807, 2.05) is 49.4 Å². The first-order valence-corrected chi connectivity index (χ1v) is 10.7. The van der Waals surface area contributed by atoms with Crippen molar-refractivity contribution in [1.29, 1.82) is 0 Å². The number of anilines is 2. The minimum Gasteiger partial charge on any atom is -0.495 e. The zero-order valence-electron chi connectivity index (χ0n) is 18.6. The number of para-hydroxylation sites is 2. The number of halogens is 1. The van der Waals surface area contributed by atoms with Gasteiger partial charge < -0.3 is 15.4 Å². The molecule has 1 amide bonds. The van der Waals surface area contributed by atoms with Crippen molar-refractivity contribution in [3.05, 3.63) is 102 Å². The highest BCUT2D eigenvalue weighted by Crippen LogP contribution is 2.37. The zero-order chi connectivity index (χ0) is 23.7. The number of amides is 1. The second-order valence-electron chi connectivity index (χ2n) is 7.84. The van der Waals surface area contributed by atoms with E-state index in [0.29, 0.717) is 40.0 Å². The van der Waals surface area contributed by atoms with E-state index in [2.05, 4.69) is 15.6 Å².